The van der Waals surface area contributed by atoms with Crippen molar-refractivity contribution in [2.24, 2.45) is 5.41 Å². The molecule has 0 bridgehead atoms. The van der Waals surface area contributed by atoms with Crippen LogP contribution in [0.25, 0.3) is 0 Å². The Morgan fingerprint density at radius 2 is 1.95 bits per heavy atom. The number of sulfone groups is 1. The van der Waals surface area contributed by atoms with Gasteiger partial charge in [0.1, 0.15) is 9.84 Å². The summed E-state index contributed by atoms with van der Waals surface area (Å²) in [4.78, 5) is 2.38. The average Bonchev–Trinajstić information content (AvgIpc) is 2.84. The molecule has 0 amide bonds. The van der Waals surface area contributed by atoms with E-state index in [1.165, 1.54) is 31.9 Å². The van der Waals surface area contributed by atoms with Crippen molar-refractivity contribution in [2.45, 2.75) is 57.6 Å². The first kappa shape index (κ1) is 16.2. The topological polar surface area (TPSA) is 46.6 Å². The molecule has 0 heterocycles. The SMILES string of the molecule is CCO[C@H]1C[C@@H](N(C)CCCS(C)(=O)=O)C12CCCC2. The van der Waals surface area contributed by atoms with Crippen molar-refractivity contribution in [1.82, 2.24) is 4.90 Å². The van der Waals surface area contributed by atoms with Crippen molar-refractivity contribution in [3.63, 3.8) is 0 Å². The second-order valence-electron chi connectivity index (χ2n) is 6.60. The second kappa shape index (κ2) is 6.32. The zero-order valence-electron chi connectivity index (χ0n) is 13.1. The van der Waals surface area contributed by atoms with Gasteiger partial charge in [-0.2, -0.15) is 0 Å². The minimum atomic E-state index is -2.83. The van der Waals surface area contributed by atoms with Crippen LogP contribution in [0.4, 0.5) is 0 Å². The highest BCUT2D eigenvalue weighted by Crippen LogP contribution is 2.56. The van der Waals surface area contributed by atoms with Crippen molar-refractivity contribution >= 4 is 9.84 Å². The average molecular weight is 303 g/mol. The van der Waals surface area contributed by atoms with E-state index in [-0.39, 0.29) is 0 Å². The predicted octanol–water partition coefficient (Wildman–Crippen LogP) is 2.09. The zero-order valence-corrected chi connectivity index (χ0v) is 13.9. The molecule has 2 aliphatic rings. The Morgan fingerprint density at radius 1 is 1.30 bits per heavy atom. The number of nitrogens with zero attached hydrogens (tertiary/aromatic N) is 1. The van der Waals surface area contributed by atoms with Crippen LogP contribution in [0.2, 0.25) is 0 Å². The quantitative estimate of drug-likeness (QED) is 0.722. The van der Waals surface area contributed by atoms with Crippen LogP contribution in [-0.4, -0.2) is 57.7 Å². The molecule has 0 aromatic carbocycles. The van der Waals surface area contributed by atoms with Gasteiger partial charge in [-0.05, 0) is 46.2 Å². The van der Waals surface area contributed by atoms with Crippen molar-refractivity contribution in [3.05, 3.63) is 0 Å². The molecule has 4 nitrogen and oxygen atoms in total. The fourth-order valence-electron chi connectivity index (χ4n) is 4.20. The van der Waals surface area contributed by atoms with E-state index in [1.807, 2.05) is 0 Å². The summed E-state index contributed by atoms with van der Waals surface area (Å²) in [5, 5.41) is 0. The van der Waals surface area contributed by atoms with Crippen LogP contribution in [0, 0.1) is 5.41 Å². The number of hydrogen-bond donors (Lipinski definition) is 0. The molecule has 2 saturated carbocycles. The van der Waals surface area contributed by atoms with Gasteiger partial charge < -0.3 is 9.64 Å². The lowest BCUT2D eigenvalue weighted by Gasteiger charge is -2.57. The fourth-order valence-corrected chi connectivity index (χ4v) is 4.85. The zero-order chi connectivity index (χ0) is 14.8. The van der Waals surface area contributed by atoms with E-state index < -0.39 is 9.84 Å². The van der Waals surface area contributed by atoms with Gasteiger partial charge in [0.15, 0.2) is 0 Å². The standard InChI is InChI=1S/C15H29NO3S/c1-4-19-14-12-13(15(14)8-5-6-9-15)16(2)10-7-11-20(3,17)18/h13-14H,4-12H2,1-3H3/t13-,14+/m1/s1. The number of rotatable bonds is 7. The molecular weight excluding hydrogens is 274 g/mol. The normalized spacial score (nSPS) is 29.0. The summed E-state index contributed by atoms with van der Waals surface area (Å²) in [5.74, 6) is 0.298. The Kier molecular flexibility index (Phi) is 5.14. The second-order valence-corrected chi connectivity index (χ2v) is 8.86. The van der Waals surface area contributed by atoms with Crippen LogP contribution in [-0.2, 0) is 14.6 Å². The van der Waals surface area contributed by atoms with Gasteiger partial charge in [0.2, 0.25) is 0 Å². The summed E-state index contributed by atoms with van der Waals surface area (Å²) in [6.07, 6.45) is 8.79. The summed E-state index contributed by atoms with van der Waals surface area (Å²) in [6, 6.07) is 0.584. The molecule has 118 valence electrons. The van der Waals surface area contributed by atoms with Crippen LogP contribution in [0.1, 0.15) is 45.4 Å². The molecule has 0 N–H and O–H groups in total. The Bertz CT molecular complexity index is 415. The van der Waals surface area contributed by atoms with Crippen molar-refractivity contribution < 1.29 is 13.2 Å². The maximum Gasteiger partial charge on any atom is 0.147 e. The lowest BCUT2D eigenvalue weighted by molar-refractivity contribution is -0.160. The molecule has 0 aliphatic heterocycles. The van der Waals surface area contributed by atoms with E-state index in [9.17, 15) is 8.42 Å². The highest BCUT2D eigenvalue weighted by atomic mass is 32.2. The predicted molar refractivity (Wildman–Crippen MR) is 81.7 cm³/mol. The van der Waals surface area contributed by atoms with Crippen molar-refractivity contribution in [1.29, 1.82) is 0 Å². The number of ether oxygens (including phenoxy) is 1. The summed E-state index contributed by atoms with van der Waals surface area (Å²) in [6.45, 7) is 3.75. The molecule has 1 spiro atoms. The Hall–Kier alpha value is -0.130. The summed E-state index contributed by atoms with van der Waals surface area (Å²) >= 11 is 0. The van der Waals surface area contributed by atoms with Gasteiger partial charge in [-0.3, -0.25) is 0 Å². The third-order valence-corrected chi connectivity index (χ3v) is 6.23. The first-order valence-corrected chi connectivity index (χ1v) is 9.94. The summed E-state index contributed by atoms with van der Waals surface area (Å²) in [7, 11) is -0.684. The lowest BCUT2D eigenvalue weighted by atomic mass is 9.60. The molecular formula is C15H29NO3S. The lowest BCUT2D eigenvalue weighted by Crippen LogP contribution is -2.63. The molecule has 2 atom stereocenters. The minimum absolute atomic E-state index is 0.298. The van der Waals surface area contributed by atoms with Gasteiger partial charge in [-0.1, -0.05) is 12.8 Å². The van der Waals surface area contributed by atoms with Crippen LogP contribution in [0.15, 0.2) is 0 Å². The minimum Gasteiger partial charge on any atom is -0.378 e. The van der Waals surface area contributed by atoms with E-state index >= 15 is 0 Å². The molecule has 0 saturated heterocycles. The fraction of sp³-hybridized carbons (Fsp3) is 1.00. The molecule has 2 fully saturated rings. The maximum atomic E-state index is 11.2. The summed E-state index contributed by atoms with van der Waals surface area (Å²) in [5.41, 5.74) is 0.357. The Morgan fingerprint density at radius 3 is 2.50 bits per heavy atom. The molecule has 0 aromatic heterocycles. The van der Waals surface area contributed by atoms with Gasteiger partial charge in [0.25, 0.3) is 0 Å². The molecule has 0 unspecified atom stereocenters. The van der Waals surface area contributed by atoms with Gasteiger partial charge in [-0.15, -0.1) is 0 Å². The van der Waals surface area contributed by atoms with Crippen LogP contribution in [0.5, 0.6) is 0 Å². The van der Waals surface area contributed by atoms with Crippen molar-refractivity contribution in [2.75, 3.05) is 32.2 Å². The molecule has 2 rings (SSSR count). The van der Waals surface area contributed by atoms with Crippen LogP contribution < -0.4 is 0 Å². The van der Waals surface area contributed by atoms with Gasteiger partial charge in [0.05, 0.1) is 11.9 Å². The van der Waals surface area contributed by atoms with Crippen LogP contribution in [0.3, 0.4) is 0 Å². The van der Waals surface area contributed by atoms with E-state index in [4.69, 9.17) is 4.74 Å². The molecule has 2 aliphatic carbocycles. The summed E-state index contributed by atoms with van der Waals surface area (Å²) < 4.78 is 28.4. The van der Waals surface area contributed by atoms with Gasteiger partial charge in [-0.25, -0.2) is 8.42 Å². The third-order valence-electron chi connectivity index (χ3n) is 5.20. The van der Waals surface area contributed by atoms with E-state index in [0.717, 1.165) is 26.0 Å². The van der Waals surface area contributed by atoms with Crippen molar-refractivity contribution in [3.8, 4) is 0 Å². The monoisotopic (exact) mass is 303 g/mol. The number of hydrogen-bond acceptors (Lipinski definition) is 4. The molecule has 0 radical (unpaired) electrons. The molecule has 20 heavy (non-hydrogen) atoms. The highest BCUT2D eigenvalue weighted by molar-refractivity contribution is 7.90. The molecule has 5 heteroatoms. The highest BCUT2D eigenvalue weighted by Gasteiger charge is 2.57. The van der Waals surface area contributed by atoms with Gasteiger partial charge >= 0.3 is 0 Å². The smallest absolute Gasteiger partial charge is 0.147 e. The van der Waals surface area contributed by atoms with Gasteiger partial charge in [0, 0.05) is 24.3 Å². The third kappa shape index (κ3) is 3.37. The van der Waals surface area contributed by atoms with E-state index in [2.05, 4.69) is 18.9 Å². The van der Waals surface area contributed by atoms with E-state index in [0.29, 0.717) is 23.3 Å². The Labute approximate surface area is 123 Å². The first-order valence-electron chi connectivity index (χ1n) is 7.88. The van der Waals surface area contributed by atoms with E-state index in [1.54, 1.807) is 0 Å². The largest absolute Gasteiger partial charge is 0.378 e. The molecule has 0 aromatic rings. The van der Waals surface area contributed by atoms with Crippen LogP contribution >= 0.6 is 0 Å². The first-order chi connectivity index (χ1) is 9.39. The Balaban J connectivity index is 1.88. The maximum absolute atomic E-state index is 11.2.